The summed E-state index contributed by atoms with van der Waals surface area (Å²) < 4.78 is 5.68. The van der Waals surface area contributed by atoms with E-state index in [0.717, 1.165) is 94.3 Å². The van der Waals surface area contributed by atoms with Crippen molar-refractivity contribution < 1.29 is 9.53 Å². The summed E-state index contributed by atoms with van der Waals surface area (Å²) in [5.41, 5.74) is 6.74. The highest BCUT2D eigenvalue weighted by Crippen LogP contribution is 2.49. The summed E-state index contributed by atoms with van der Waals surface area (Å²) in [5.74, 6) is 0.992. The number of rotatable bonds is 10. The van der Waals surface area contributed by atoms with Crippen molar-refractivity contribution in [3.8, 4) is 0 Å². The number of anilines is 1. The van der Waals surface area contributed by atoms with E-state index in [1.165, 1.54) is 17.7 Å². The smallest absolute Gasteiger partial charge is 0.253 e. The first-order chi connectivity index (χ1) is 20.9. The van der Waals surface area contributed by atoms with Gasteiger partial charge in [0, 0.05) is 94.1 Å². The van der Waals surface area contributed by atoms with Gasteiger partial charge in [0.15, 0.2) is 0 Å². The lowest BCUT2D eigenvalue weighted by Crippen LogP contribution is -2.49. The standard InChI is InChI=1S/C36H55N5O3/c1-8-41(29-9-15-44-16-10-29)33-20-27(31-19-28(31)22-39-11-13-40(14-12-39)23-36(5,6)7)18-30(26(33)4)34(42)37-21-32-24(2)17-25(3)38-35(32)43/h17-18,20,28-29,31H,8-16,19,21-23H2,1-7H3,(H,37,42)(H,38,43). The molecule has 2 aromatic rings. The zero-order valence-electron chi connectivity index (χ0n) is 28.2. The summed E-state index contributed by atoms with van der Waals surface area (Å²) in [4.78, 5) is 37.1. The Kier molecular flexibility index (Phi) is 10.2. The summed E-state index contributed by atoms with van der Waals surface area (Å²) in [6.45, 7) is 24.6. The van der Waals surface area contributed by atoms with E-state index in [0.29, 0.717) is 28.9 Å². The van der Waals surface area contributed by atoms with Gasteiger partial charge in [0.2, 0.25) is 0 Å². The maximum atomic E-state index is 13.8. The van der Waals surface area contributed by atoms with E-state index in [1.54, 1.807) is 0 Å². The number of aromatic nitrogens is 1. The molecule has 1 aromatic carbocycles. The largest absolute Gasteiger partial charge is 0.381 e. The fourth-order valence-electron chi connectivity index (χ4n) is 7.45. The number of piperazine rings is 1. The van der Waals surface area contributed by atoms with Gasteiger partial charge < -0.3 is 29.7 Å². The van der Waals surface area contributed by atoms with Gasteiger partial charge in [-0.15, -0.1) is 0 Å². The molecular formula is C36H55N5O3. The molecule has 5 rings (SSSR count). The quantitative estimate of drug-likeness (QED) is 0.397. The summed E-state index contributed by atoms with van der Waals surface area (Å²) in [6, 6.07) is 6.89. The number of H-pyrrole nitrogens is 1. The lowest BCUT2D eigenvalue weighted by Gasteiger charge is -2.38. The molecule has 3 aliphatic rings. The highest BCUT2D eigenvalue weighted by atomic mass is 16.5. The Morgan fingerprint density at radius 2 is 1.73 bits per heavy atom. The van der Waals surface area contributed by atoms with Gasteiger partial charge in [0.05, 0.1) is 0 Å². The highest BCUT2D eigenvalue weighted by molar-refractivity contribution is 5.97. The van der Waals surface area contributed by atoms with Gasteiger partial charge >= 0.3 is 0 Å². The number of hydrogen-bond donors (Lipinski definition) is 2. The molecular weight excluding hydrogens is 550 g/mol. The molecule has 2 atom stereocenters. The van der Waals surface area contributed by atoms with Crippen LogP contribution in [0.2, 0.25) is 0 Å². The molecule has 0 radical (unpaired) electrons. The molecule has 0 bridgehead atoms. The van der Waals surface area contributed by atoms with Gasteiger partial charge in [-0.1, -0.05) is 20.8 Å². The molecule has 2 saturated heterocycles. The monoisotopic (exact) mass is 605 g/mol. The van der Waals surface area contributed by atoms with Crippen LogP contribution in [-0.4, -0.2) is 85.8 Å². The first-order valence-corrected chi connectivity index (χ1v) is 16.8. The van der Waals surface area contributed by atoms with Gasteiger partial charge in [-0.25, -0.2) is 0 Å². The first kappa shape index (κ1) is 32.7. The normalized spacial score (nSPS) is 21.8. The molecule has 44 heavy (non-hydrogen) atoms. The van der Waals surface area contributed by atoms with Crippen LogP contribution in [0.4, 0.5) is 5.69 Å². The Morgan fingerprint density at radius 1 is 1.05 bits per heavy atom. The van der Waals surface area contributed by atoms with Crippen molar-refractivity contribution in [1.29, 1.82) is 0 Å². The number of pyridine rings is 1. The molecule has 0 spiro atoms. The number of nitrogens with one attached hydrogen (secondary N) is 2. The Morgan fingerprint density at radius 3 is 2.36 bits per heavy atom. The lowest BCUT2D eigenvalue weighted by atomic mass is 9.95. The predicted molar refractivity (Wildman–Crippen MR) is 179 cm³/mol. The zero-order valence-corrected chi connectivity index (χ0v) is 28.2. The van der Waals surface area contributed by atoms with Crippen LogP contribution < -0.4 is 15.8 Å². The van der Waals surface area contributed by atoms with Crippen molar-refractivity contribution in [2.45, 2.75) is 86.2 Å². The molecule has 3 fully saturated rings. The molecule has 1 aliphatic carbocycles. The third kappa shape index (κ3) is 7.93. The number of carbonyl (C=O) groups excluding carboxylic acids is 1. The van der Waals surface area contributed by atoms with Crippen LogP contribution in [0.25, 0.3) is 0 Å². The third-order valence-corrected chi connectivity index (χ3v) is 9.85. The minimum atomic E-state index is -0.134. The fraction of sp³-hybridized carbons (Fsp3) is 0.667. The molecule has 1 amide bonds. The van der Waals surface area contributed by atoms with Crippen molar-refractivity contribution in [3.63, 3.8) is 0 Å². The third-order valence-electron chi connectivity index (χ3n) is 9.85. The average Bonchev–Trinajstić information content (AvgIpc) is 3.73. The van der Waals surface area contributed by atoms with E-state index in [2.05, 4.69) is 71.8 Å². The number of aromatic amines is 1. The van der Waals surface area contributed by atoms with Crippen LogP contribution >= 0.6 is 0 Å². The number of hydrogen-bond acceptors (Lipinski definition) is 6. The average molecular weight is 606 g/mol. The predicted octanol–water partition coefficient (Wildman–Crippen LogP) is 5.00. The number of amides is 1. The summed E-state index contributed by atoms with van der Waals surface area (Å²) >= 11 is 0. The number of aryl methyl sites for hydroxylation is 2. The topological polar surface area (TPSA) is 80.9 Å². The van der Waals surface area contributed by atoms with Crippen LogP contribution in [-0.2, 0) is 11.3 Å². The zero-order chi connectivity index (χ0) is 31.6. The van der Waals surface area contributed by atoms with Crippen molar-refractivity contribution in [3.05, 3.63) is 62.1 Å². The fourth-order valence-corrected chi connectivity index (χ4v) is 7.45. The van der Waals surface area contributed by atoms with E-state index in [4.69, 9.17) is 4.74 Å². The maximum Gasteiger partial charge on any atom is 0.253 e. The van der Waals surface area contributed by atoms with Gasteiger partial charge in [-0.05, 0) is 99.1 Å². The number of carbonyl (C=O) groups is 1. The summed E-state index contributed by atoms with van der Waals surface area (Å²) in [6.07, 6.45) is 3.18. The molecule has 2 unspecified atom stereocenters. The molecule has 3 heterocycles. The SMILES string of the molecule is CCN(c1cc(C2CC2CN2CCN(CC(C)(C)C)CC2)cc(C(=O)NCc2c(C)cc(C)[nH]c2=O)c1C)C1CCOCC1. The highest BCUT2D eigenvalue weighted by Gasteiger charge is 2.41. The van der Waals surface area contributed by atoms with Crippen molar-refractivity contribution in [2.75, 3.05) is 63.9 Å². The van der Waals surface area contributed by atoms with Crippen LogP contribution in [0.1, 0.15) is 91.2 Å². The minimum absolute atomic E-state index is 0.111. The van der Waals surface area contributed by atoms with Crippen LogP contribution in [0, 0.1) is 32.1 Å². The maximum absolute atomic E-state index is 13.8. The molecule has 1 saturated carbocycles. The van der Waals surface area contributed by atoms with E-state index in [9.17, 15) is 9.59 Å². The lowest BCUT2D eigenvalue weighted by molar-refractivity contribution is 0.0845. The summed E-state index contributed by atoms with van der Waals surface area (Å²) in [5, 5.41) is 3.09. The van der Waals surface area contributed by atoms with E-state index < -0.39 is 0 Å². The van der Waals surface area contributed by atoms with Gasteiger partial charge in [0.25, 0.3) is 11.5 Å². The Labute approximate surface area is 264 Å². The molecule has 2 N–H and O–H groups in total. The van der Waals surface area contributed by atoms with Crippen LogP contribution in [0.5, 0.6) is 0 Å². The molecule has 8 heteroatoms. The van der Waals surface area contributed by atoms with E-state index in [-0.39, 0.29) is 18.0 Å². The molecule has 2 aliphatic heterocycles. The van der Waals surface area contributed by atoms with Crippen LogP contribution in [0.15, 0.2) is 23.0 Å². The second kappa shape index (κ2) is 13.8. The van der Waals surface area contributed by atoms with Crippen LogP contribution in [0.3, 0.4) is 0 Å². The number of benzene rings is 1. The second-order valence-corrected chi connectivity index (χ2v) is 14.7. The Bertz CT molecular complexity index is 1370. The van der Waals surface area contributed by atoms with E-state index >= 15 is 0 Å². The molecule has 8 nitrogen and oxygen atoms in total. The van der Waals surface area contributed by atoms with Crippen molar-refractivity contribution in [2.24, 2.45) is 11.3 Å². The number of ether oxygens (including phenoxy) is 1. The number of nitrogens with zero attached hydrogens (tertiary/aromatic N) is 3. The Hall–Kier alpha value is -2.68. The Balaban J connectivity index is 1.34. The second-order valence-electron chi connectivity index (χ2n) is 14.7. The van der Waals surface area contributed by atoms with Gasteiger partial charge in [-0.2, -0.15) is 0 Å². The molecule has 242 valence electrons. The van der Waals surface area contributed by atoms with Crippen molar-refractivity contribution in [1.82, 2.24) is 20.1 Å². The van der Waals surface area contributed by atoms with Gasteiger partial charge in [-0.3, -0.25) is 9.59 Å². The van der Waals surface area contributed by atoms with Crippen molar-refractivity contribution >= 4 is 11.6 Å². The summed E-state index contributed by atoms with van der Waals surface area (Å²) in [7, 11) is 0. The minimum Gasteiger partial charge on any atom is -0.381 e. The van der Waals surface area contributed by atoms with Gasteiger partial charge in [0.1, 0.15) is 0 Å². The van der Waals surface area contributed by atoms with E-state index in [1.807, 2.05) is 19.9 Å². The molecule has 1 aromatic heterocycles. The first-order valence-electron chi connectivity index (χ1n) is 16.8.